The molecule has 1 aromatic rings. The fourth-order valence-electron chi connectivity index (χ4n) is 2.44. The topological polar surface area (TPSA) is 55.6 Å². The SMILES string of the molecule is COc1ccc(CCC(=O)N2CCCC(N)C2)cc1.Cl. The molecule has 1 aliphatic heterocycles. The van der Waals surface area contributed by atoms with Gasteiger partial charge >= 0.3 is 0 Å². The summed E-state index contributed by atoms with van der Waals surface area (Å²) < 4.78 is 5.11. The number of amides is 1. The minimum absolute atomic E-state index is 0. The van der Waals surface area contributed by atoms with E-state index in [1.54, 1.807) is 7.11 Å². The number of hydrogen-bond donors (Lipinski definition) is 1. The predicted octanol–water partition coefficient (Wildman–Crippen LogP) is 2.00. The van der Waals surface area contributed by atoms with Crippen molar-refractivity contribution in [2.45, 2.75) is 31.7 Å². The number of carbonyl (C=O) groups excluding carboxylic acids is 1. The Bertz CT molecular complexity index is 422. The van der Waals surface area contributed by atoms with Crippen LogP contribution in [0.15, 0.2) is 24.3 Å². The van der Waals surface area contributed by atoms with Crippen LogP contribution in [0.3, 0.4) is 0 Å². The molecule has 5 heteroatoms. The Morgan fingerprint density at radius 3 is 2.70 bits per heavy atom. The molecule has 0 bridgehead atoms. The van der Waals surface area contributed by atoms with Crippen molar-refractivity contribution in [3.05, 3.63) is 29.8 Å². The Hall–Kier alpha value is -1.26. The molecule has 1 saturated heterocycles. The van der Waals surface area contributed by atoms with Crippen LogP contribution in [0, 0.1) is 0 Å². The first-order chi connectivity index (χ1) is 9.19. The first-order valence-corrected chi connectivity index (χ1v) is 6.85. The zero-order valence-electron chi connectivity index (χ0n) is 11.9. The van der Waals surface area contributed by atoms with E-state index >= 15 is 0 Å². The van der Waals surface area contributed by atoms with Gasteiger partial charge in [0.2, 0.25) is 5.91 Å². The molecule has 2 N–H and O–H groups in total. The summed E-state index contributed by atoms with van der Waals surface area (Å²) in [5.41, 5.74) is 7.06. The van der Waals surface area contributed by atoms with Gasteiger partial charge in [-0.2, -0.15) is 0 Å². The quantitative estimate of drug-likeness (QED) is 0.925. The van der Waals surface area contributed by atoms with Gasteiger partial charge in [0.05, 0.1) is 7.11 Å². The first kappa shape index (κ1) is 16.8. The third-order valence-corrected chi connectivity index (χ3v) is 3.60. The van der Waals surface area contributed by atoms with Crippen LogP contribution in [-0.4, -0.2) is 37.0 Å². The van der Waals surface area contributed by atoms with Crippen LogP contribution in [-0.2, 0) is 11.2 Å². The molecule has 1 fully saturated rings. The average molecular weight is 299 g/mol. The van der Waals surface area contributed by atoms with Crippen molar-refractivity contribution < 1.29 is 9.53 Å². The second-order valence-corrected chi connectivity index (χ2v) is 5.09. The van der Waals surface area contributed by atoms with E-state index in [1.165, 1.54) is 0 Å². The predicted molar refractivity (Wildman–Crippen MR) is 82.4 cm³/mol. The van der Waals surface area contributed by atoms with E-state index < -0.39 is 0 Å². The standard InChI is InChI=1S/C15H22N2O2.ClH/c1-19-14-7-4-12(5-8-14)6-9-15(18)17-10-2-3-13(16)11-17;/h4-5,7-8,13H,2-3,6,9-11,16H2,1H3;1H. The number of hydrogen-bond acceptors (Lipinski definition) is 3. The summed E-state index contributed by atoms with van der Waals surface area (Å²) in [7, 11) is 1.65. The van der Waals surface area contributed by atoms with Gasteiger partial charge < -0.3 is 15.4 Å². The molecule has 20 heavy (non-hydrogen) atoms. The van der Waals surface area contributed by atoms with E-state index in [0.29, 0.717) is 13.0 Å². The number of methoxy groups -OCH3 is 1. The van der Waals surface area contributed by atoms with E-state index in [1.807, 2.05) is 29.2 Å². The van der Waals surface area contributed by atoms with Crippen molar-refractivity contribution in [1.29, 1.82) is 0 Å². The van der Waals surface area contributed by atoms with Gasteiger partial charge in [0.1, 0.15) is 5.75 Å². The number of benzene rings is 1. The molecule has 1 aromatic carbocycles. The van der Waals surface area contributed by atoms with Gasteiger partial charge in [0.25, 0.3) is 0 Å². The van der Waals surface area contributed by atoms with Crippen LogP contribution in [0.2, 0.25) is 0 Å². The van der Waals surface area contributed by atoms with Gasteiger partial charge in [-0.1, -0.05) is 12.1 Å². The number of carbonyl (C=O) groups is 1. The highest BCUT2D eigenvalue weighted by atomic mass is 35.5. The second-order valence-electron chi connectivity index (χ2n) is 5.09. The first-order valence-electron chi connectivity index (χ1n) is 6.85. The Morgan fingerprint density at radius 2 is 2.10 bits per heavy atom. The summed E-state index contributed by atoms with van der Waals surface area (Å²) in [6.07, 6.45) is 3.38. The lowest BCUT2D eigenvalue weighted by atomic mass is 10.0. The molecule has 1 atom stereocenters. The van der Waals surface area contributed by atoms with Gasteiger partial charge in [-0.3, -0.25) is 4.79 Å². The molecule has 0 aromatic heterocycles. The molecular formula is C15H23ClN2O2. The molecule has 0 spiro atoms. The van der Waals surface area contributed by atoms with E-state index in [2.05, 4.69) is 0 Å². The summed E-state index contributed by atoms with van der Waals surface area (Å²) >= 11 is 0. The van der Waals surface area contributed by atoms with Gasteiger partial charge in [0.15, 0.2) is 0 Å². The van der Waals surface area contributed by atoms with Crippen LogP contribution in [0.25, 0.3) is 0 Å². The van der Waals surface area contributed by atoms with Crippen LogP contribution in [0.1, 0.15) is 24.8 Å². The highest BCUT2D eigenvalue weighted by Crippen LogP contribution is 2.14. The van der Waals surface area contributed by atoms with Crippen molar-refractivity contribution in [3.8, 4) is 5.75 Å². The van der Waals surface area contributed by atoms with E-state index in [-0.39, 0.29) is 24.4 Å². The van der Waals surface area contributed by atoms with E-state index in [9.17, 15) is 4.79 Å². The average Bonchev–Trinajstić information content (AvgIpc) is 2.45. The van der Waals surface area contributed by atoms with Gasteiger partial charge in [0, 0.05) is 25.6 Å². The normalized spacial score (nSPS) is 18.3. The summed E-state index contributed by atoms with van der Waals surface area (Å²) in [4.78, 5) is 14.0. The molecule has 4 nitrogen and oxygen atoms in total. The minimum Gasteiger partial charge on any atom is -0.497 e. The summed E-state index contributed by atoms with van der Waals surface area (Å²) in [5.74, 6) is 1.06. The number of ether oxygens (including phenoxy) is 1. The fourth-order valence-corrected chi connectivity index (χ4v) is 2.44. The van der Waals surface area contributed by atoms with Gasteiger partial charge in [-0.15, -0.1) is 12.4 Å². The maximum absolute atomic E-state index is 12.1. The Kier molecular flexibility index (Phi) is 6.82. The maximum Gasteiger partial charge on any atom is 0.222 e. The van der Waals surface area contributed by atoms with Crippen LogP contribution >= 0.6 is 12.4 Å². The lowest BCUT2D eigenvalue weighted by molar-refractivity contribution is -0.132. The monoisotopic (exact) mass is 298 g/mol. The van der Waals surface area contributed by atoms with Crippen molar-refractivity contribution >= 4 is 18.3 Å². The summed E-state index contributed by atoms with van der Waals surface area (Å²) in [6.45, 7) is 1.57. The molecule has 1 unspecified atom stereocenters. The molecule has 1 heterocycles. The molecular weight excluding hydrogens is 276 g/mol. The lowest BCUT2D eigenvalue weighted by Crippen LogP contribution is -2.45. The van der Waals surface area contributed by atoms with Crippen molar-refractivity contribution in [2.75, 3.05) is 20.2 Å². The zero-order chi connectivity index (χ0) is 13.7. The molecule has 2 rings (SSSR count). The van der Waals surface area contributed by atoms with Crippen LogP contribution < -0.4 is 10.5 Å². The number of piperidine rings is 1. The smallest absolute Gasteiger partial charge is 0.222 e. The van der Waals surface area contributed by atoms with Gasteiger partial charge in [-0.05, 0) is 37.0 Å². The third-order valence-electron chi connectivity index (χ3n) is 3.60. The second kappa shape index (κ2) is 8.12. The maximum atomic E-state index is 12.1. The Morgan fingerprint density at radius 1 is 1.40 bits per heavy atom. The molecule has 0 radical (unpaired) electrons. The van der Waals surface area contributed by atoms with Crippen LogP contribution in [0.4, 0.5) is 0 Å². The van der Waals surface area contributed by atoms with E-state index in [4.69, 9.17) is 10.5 Å². The number of nitrogens with zero attached hydrogens (tertiary/aromatic N) is 1. The zero-order valence-corrected chi connectivity index (χ0v) is 12.7. The summed E-state index contributed by atoms with van der Waals surface area (Å²) in [6, 6.07) is 8.02. The highest BCUT2D eigenvalue weighted by molar-refractivity contribution is 5.85. The Balaban J connectivity index is 0.00000200. The van der Waals surface area contributed by atoms with Gasteiger partial charge in [-0.25, -0.2) is 0 Å². The number of aryl methyl sites for hydroxylation is 1. The third kappa shape index (κ3) is 4.69. The summed E-state index contributed by atoms with van der Waals surface area (Å²) in [5, 5.41) is 0. The highest BCUT2D eigenvalue weighted by Gasteiger charge is 2.20. The van der Waals surface area contributed by atoms with E-state index in [0.717, 1.165) is 37.1 Å². The number of nitrogens with two attached hydrogens (primary N) is 1. The van der Waals surface area contributed by atoms with Crippen molar-refractivity contribution in [1.82, 2.24) is 4.90 Å². The number of likely N-dealkylation sites (tertiary alicyclic amines) is 1. The number of halogens is 1. The van der Waals surface area contributed by atoms with Crippen molar-refractivity contribution in [2.24, 2.45) is 5.73 Å². The molecule has 1 amide bonds. The van der Waals surface area contributed by atoms with Crippen LogP contribution in [0.5, 0.6) is 5.75 Å². The molecule has 0 saturated carbocycles. The molecule has 0 aliphatic carbocycles. The molecule has 1 aliphatic rings. The number of rotatable bonds is 4. The Labute approximate surface area is 126 Å². The molecule has 112 valence electrons. The van der Waals surface area contributed by atoms with Crippen molar-refractivity contribution in [3.63, 3.8) is 0 Å². The fraction of sp³-hybridized carbons (Fsp3) is 0.533. The lowest BCUT2D eigenvalue weighted by Gasteiger charge is -2.30. The minimum atomic E-state index is 0. The largest absolute Gasteiger partial charge is 0.497 e.